The third kappa shape index (κ3) is 4.00. The average molecular weight is 349 g/mol. The SMILES string of the molecule is C1=C(c2ccccc2)CCN(CCSCc2c[nH]c3ccccc23)C1. The molecule has 25 heavy (non-hydrogen) atoms. The number of rotatable bonds is 6. The number of aromatic amines is 1. The average Bonchev–Trinajstić information content (AvgIpc) is 3.10. The Morgan fingerprint density at radius 1 is 1.00 bits per heavy atom. The van der Waals surface area contributed by atoms with Gasteiger partial charge >= 0.3 is 0 Å². The number of hydrogen-bond acceptors (Lipinski definition) is 2. The fourth-order valence-electron chi connectivity index (χ4n) is 3.46. The van der Waals surface area contributed by atoms with E-state index in [9.17, 15) is 0 Å². The van der Waals surface area contributed by atoms with E-state index >= 15 is 0 Å². The highest BCUT2D eigenvalue weighted by molar-refractivity contribution is 7.98. The second kappa shape index (κ2) is 7.94. The highest BCUT2D eigenvalue weighted by atomic mass is 32.2. The van der Waals surface area contributed by atoms with Crippen LogP contribution in [0.15, 0.2) is 66.9 Å². The monoisotopic (exact) mass is 348 g/mol. The lowest BCUT2D eigenvalue weighted by atomic mass is 10.00. The van der Waals surface area contributed by atoms with E-state index in [0.717, 1.165) is 18.7 Å². The van der Waals surface area contributed by atoms with Crippen molar-refractivity contribution in [3.05, 3.63) is 78.0 Å². The molecule has 1 aliphatic heterocycles. The van der Waals surface area contributed by atoms with Crippen molar-refractivity contribution in [3.63, 3.8) is 0 Å². The van der Waals surface area contributed by atoms with E-state index in [1.165, 1.54) is 46.4 Å². The molecule has 0 amide bonds. The van der Waals surface area contributed by atoms with E-state index < -0.39 is 0 Å². The third-order valence-corrected chi connectivity index (χ3v) is 5.91. The molecule has 1 aromatic heterocycles. The van der Waals surface area contributed by atoms with E-state index in [4.69, 9.17) is 0 Å². The van der Waals surface area contributed by atoms with Crippen molar-refractivity contribution in [2.24, 2.45) is 0 Å². The molecule has 0 aliphatic carbocycles. The van der Waals surface area contributed by atoms with Gasteiger partial charge in [0, 0.05) is 48.2 Å². The summed E-state index contributed by atoms with van der Waals surface area (Å²) in [6.45, 7) is 3.43. The van der Waals surface area contributed by atoms with Gasteiger partial charge < -0.3 is 4.98 Å². The summed E-state index contributed by atoms with van der Waals surface area (Å²) in [5, 5.41) is 1.36. The first-order valence-corrected chi connectivity index (χ1v) is 10.2. The summed E-state index contributed by atoms with van der Waals surface area (Å²) < 4.78 is 0. The maximum absolute atomic E-state index is 3.37. The molecule has 0 unspecified atom stereocenters. The van der Waals surface area contributed by atoms with E-state index in [-0.39, 0.29) is 0 Å². The highest BCUT2D eigenvalue weighted by Crippen LogP contribution is 2.24. The number of thioether (sulfide) groups is 1. The van der Waals surface area contributed by atoms with Crippen molar-refractivity contribution in [2.75, 3.05) is 25.4 Å². The molecular formula is C22H24N2S. The standard InChI is InChI=1S/C22H24N2S/c1-2-6-18(7-3-1)19-10-12-24(13-11-19)14-15-25-17-20-16-23-22-9-5-4-8-21(20)22/h1-10,16,23H,11-15,17H2. The summed E-state index contributed by atoms with van der Waals surface area (Å²) in [6.07, 6.45) is 5.73. The highest BCUT2D eigenvalue weighted by Gasteiger charge is 2.12. The van der Waals surface area contributed by atoms with Gasteiger partial charge in [-0.2, -0.15) is 11.8 Å². The predicted octanol–water partition coefficient (Wildman–Crippen LogP) is 5.19. The number of nitrogens with zero attached hydrogens (tertiary/aromatic N) is 1. The number of aromatic nitrogens is 1. The minimum atomic E-state index is 1.08. The number of para-hydroxylation sites is 1. The van der Waals surface area contributed by atoms with Gasteiger partial charge in [-0.25, -0.2) is 0 Å². The van der Waals surface area contributed by atoms with Crippen molar-refractivity contribution >= 4 is 28.2 Å². The van der Waals surface area contributed by atoms with E-state index in [1.54, 1.807) is 0 Å². The molecule has 0 radical (unpaired) electrons. The summed E-state index contributed by atoms with van der Waals surface area (Å²) in [6, 6.07) is 19.4. The van der Waals surface area contributed by atoms with Gasteiger partial charge in [0.2, 0.25) is 0 Å². The fraction of sp³-hybridized carbons (Fsp3) is 0.273. The zero-order valence-corrected chi connectivity index (χ0v) is 15.3. The molecule has 3 heteroatoms. The fourth-order valence-corrected chi connectivity index (χ4v) is 4.45. The van der Waals surface area contributed by atoms with Crippen LogP contribution >= 0.6 is 11.8 Å². The number of fused-ring (bicyclic) bond motifs is 1. The summed E-state index contributed by atoms with van der Waals surface area (Å²) in [5.74, 6) is 2.27. The van der Waals surface area contributed by atoms with Gasteiger partial charge in [-0.15, -0.1) is 0 Å². The first-order chi connectivity index (χ1) is 12.4. The molecule has 1 N–H and O–H groups in total. The quantitative estimate of drug-likeness (QED) is 0.618. The lowest BCUT2D eigenvalue weighted by molar-refractivity contribution is 0.321. The largest absolute Gasteiger partial charge is 0.361 e. The molecule has 2 nitrogen and oxygen atoms in total. The van der Waals surface area contributed by atoms with Crippen LogP contribution in [0.2, 0.25) is 0 Å². The molecule has 1 aliphatic rings. The van der Waals surface area contributed by atoms with Gasteiger partial charge in [0.25, 0.3) is 0 Å². The van der Waals surface area contributed by atoms with Crippen LogP contribution < -0.4 is 0 Å². The zero-order valence-electron chi connectivity index (χ0n) is 14.4. The van der Waals surface area contributed by atoms with E-state index in [2.05, 4.69) is 76.8 Å². The first-order valence-electron chi connectivity index (χ1n) is 9.00. The Balaban J connectivity index is 1.24. The van der Waals surface area contributed by atoms with Gasteiger partial charge in [-0.1, -0.05) is 54.6 Å². The van der Waals surface area contributed by atoms with E-state index in [0.29, 0.717) is 0 Å². The van der Waals surface area contributed by atoms with Crippen LogP contribution in [0.25, 0.3) is 16.5 Å². The normalized spacial score (nSPS) is 15.4. The van der Waals surface area contributed by atoms with E-state index in [1.807, 2.05) is 11.8 Å². The summed E-state index contributed by atoms with van der Waals surface area (Å²) in [4.78, 5) is 5.93. The zero-order chi connectivity index (χ0) is 16.9. The van der Waals surface area contributed by atoms with Crippen LogP contribution in [-0.2, 0) is 5.75 Å². The van der Waals surface area contributed by atoms with Crippen molar-refractivity contribution in [2.45, 2.75) is 12.2 Å². The van der Waals surface area contributed by atoms with Crippen LogP contribution in [0.3, 0.4) is 0 Å². The number of H-pyrrole nitrogens is 1. The number of benzene rings is 2. The molecule has 0 fully saturated rings. The molecule has 0 bridgehead atoms. The van der Waals surface area contributed by atoms with Gasteiger partial charge in [0.15, 0.2) is 0 Å². The molecule has 4 rings (SSSR count). The topological polar surface area (TPSA) is 19.0 Å². The van der Waals surface area contributed by atoms with Crippen molar-refractivity contribution in [1.29, 1.82) is 0 Å². The molecule has 0 atom stereocenters. The Morgan fingerprint density at radius 3 is 2.68 bits per heavy atom. The van der Waals surface area contributed by atoms with Gasteiger partial charge in [-0.3, -0.25) is 4.90 Å². The summed E-state index contributed by atoms with van der Waals surface area (Å²) in [5.41, 5.74) is 5.55. The molecule has 0 saturated heterocycles. The maximum Gasteiger partial charge on any atom is 0.0457 e. The molecule has 3 aromatic rings. The molecule has 2 heterocycles. The van der Waals surface area contributed by atoms with Crippen LogP contribution in [0.5, 0.6) is 0 Å². The molecule has 2 aromatic carbocycles. The summed E-state index contributed by atoms with van der Waals surface area (Å²) in [7, 11) is 0. The Labute approximate surface area is 153 Å². The maximum atomic E-state index is 3.37. The predicted molar refractivity (Wildman–Crippen MR) is 110 cm³/mol. The minimum Gasteiger partial charge on any atom is -0.361 e. The Kier molecular flexibility index (Phi) is 5.24. The van der Waals surface area contributed by atoms with Gasteiger partial charge in [0.05, 0.1) is 0 Å². The molecule has 128 valence electrons. The van der Waals surface area contributed by atoms with Crippen molar-refractivity contribution in [3.8, 4) is 0 Å². The van der Waals surface area contributed by atoms with Crippen LogP contribution in [0, 0.1) is 0 Å². The van der Waals surface area contributed by atoms with Crippen LogP contribution in [-0.4, -0.2) is 35.3 Å². The number of hydrogen-bond donors (Lipinski definition) is 1. The summed E-state index contributed by atoms with van der Waals surface area (Å²) >= 11 is 2.03. The van der Waals surface area contributed by atoms with Crippen LogP contribution in [0.1, 0.15) is 17.5 Å². The molecule has 0 spiro atoms. The lowest BCUT2D eigenvalue weighted by Gasteiger charge is -2.26. The number of nitrogens with one attached hydrogen (secondary N) is 1. The Bertz CT molecular complexity index is 851. The lowest BCUT2D eigenvalue weighted by Crippen LogP contribution is -2.30. The molecule has 0 saturated carbocycles. The first kappa shape index (κ1) is 16.5. The second-order valence-corrected chi connectivity index (χ2v) is 7.66. The Hall–Kier alpha value is -1.97. The van der Waals surface area contributed by atoms with Gasteiger partial charge in [-0.05, 0) is 29.2 Å². The minimum absolute atomic E-state index is 1.08. The van der Waals surface area contributed by atoms with Crippen molar-refractivity contribution in [1.82, 2.24) is 9.88 Å². The van der Waals surface area contributed by atoms with Crippen LogP contribution in [0.4, 0.5) is 0 Å². The van der Waals surface area contributed by atoms with Gasteiger partial charge in [0.1, 0.15) is 0 Å². The third-order valence-electron chi connectivity index (χ3n) is 4.92. The Morgan fingerprint density at radius 2 is 1.84 bits per heavy atom. The smallest absolute Gasteiger partial charge is 0.0457 e. The van der Waals surface area contributed by atoms with Crippen molar-refractivity contribution < 1.29 is 0 Å². The molecular weight excluding hydrogens is 324 g/mol. The second-order valence-electron chi connectivity index (χ2n) is 6.56.